The summed E-state index contributed by atoms with van der Waals surface area (Å²) in [5, 5.41) is 15.9. The van der Waals surface area contributed by atoms with Gasteiger partial charge in [-0.1, -0.05) is 24.3 Å². The third-order valence-electron chi connectivity index (χ3n) is 8.40. The maximum atomic E-state index is 13.7. The number of hydrogen-bond donors (Lipinski definition) is 3. The Morgan fingerprint density at radius 2 is 1.70 bits per heavy atom. The van der Waals surface area contributed by atoms with E-state index in [9.17, 15) is 36.3 Å². The highest BCUT2D eigenvalue weighted by molar-refractivity contribution is 5.82. The van der Waals surface area contributed by atoms with Gasteiger partial charge in [0.25, 0.3) is 0 Å². The van der Waals surface area contributed by atoms with Gasteiger partial charge in [0.2, 0.25) is 5.91 Å². The molecule has 14 heteroatoms. The number of ether oxygens (including phenoxy) is 1. The van der Waals surface area contributed by atoms with E-state index < -0.39 is 41.7 Å². The Morgan fingerprint density at radius 3 is 2.30 bits per heavy atom. The molecule has 2 aromatic carbocycles. The molecule has 1 fully saturated rings. The number of rotatable bonds is 5. The smallest absolute Gasteiger partial charge is 0.416 e. The number of hydrogen-bond acceptors (Lipinski definition) is 7. The van der Waals surface area contributed by atoms with E-state index >= 15 is 0 Å². The maximum absolute atomic E-state index is 13.7. The van der Waals surface area contributed by atoms with Crippen molar-refractivity contribution in [2.24, 2.45) is 22.6 Å². The van der Waals surface area contributed by atoms with Crippen LogP contribution in [0, 0.1) is 18.8 Å². The molecule has 3 unspecified atom stereocenters. The summed E-state index contributed by atoms with van der Waals surface area (Å²) in [5.74, 6) is -1.18. The monoisotopic (exact) mass is 625 g/mol. The number of halogens is 6. The van der Waals surface area contributed by atoms with Gasteiger partial charge in [-0.3, -0.25) is 25.3 Å². The summed E-state index contributed by atoms with van der Waals surface area (Å²) in [6, 6.07) is 7.54. The Kier molecular flexibility index (Phi) is 8.96. The van der Waals surface area contributed by atoms with Crippen molar-refractivity contribution in [3.63, 3.8) is 0 Å². The van der Waals surface area contributed by atoms with Crippen molar-refractivity contribution in [2.45, 2.75) is 50.8 Å². The Labute approximate surface area is 250 Å². The van der Waals surface area contributed by atoms with Gasteiger partial charge in [-0.2, -0.15) is 26.3 Å². The summed E-state index contributed by atoms with van der Waals surface area (Å²) >= 11 is 0. The highest BCUT2D eigenvalue weighted by Crippen LogP contribution is 2.38. The minimum absolute atomic E-state index is 0.0845. The topological polar surface area (TPSA) is 103 Å². The van der Waals surface area contributed by atoms with Crippen molar-refractivity contribution in [3.8, 4) is 0 Å². The van der Waals surface area contributed by atoms with Crippen molar-refractivity contribution in [2.75, 3.05) is 26.3 Å². The summed E-state index contributed by atoms with van der Waals surface area (Å²) in [6.07, 6.45) is -8.47. The van der Waals surface area contributed by atoms with Crippen LogP contribution < -0.4 is 11.1 Å². The minimum atomic E-state index is -5.01. The maximum Gasteiger partial charge on any atom is 0.416 e. The quantitative estimate of drug-likeness (QED) is 0.413. The molecule has 238 valence electrons. The van der Waals surface area contributed by atoms with Crippen LogP contribution in [0.4, 0.5) is 26.3 Å². The predicted octanol–water partition coefficient (Wildman–Crippen LogP) is 4.81. The Hall–Kier alpha value is -3.62. The summed E-state index contributed by atoms with van der Waals surface area (Å²) in [5.41, 5.74) is 4.05. The molecule has 3 aliphatic heterocycles. The van der Waals surface area contributed by atoms with Gasteiger partial charge in [-0.15, -0.1) is 0 Å². The first-order chi connectivity index (χ1) is 20.7. The third-order valence-corrected chi connectivity index (χ3v) is 8.40. The van der Waals surface area contributed by atoms with E-state index in [1.54, 1.807) is 24.3 Å². The zero-order valence-corrected chi connectivity index (χ0v) is 23.8. The van der Waals surface area contributed by atoms with Gasteiger partial charge in [0.15, 0.2) is 12.1 Å². The number of piperidine rings is 1. The largest absolute Gasteiger partial charge is 0.458 e. The number of carbonyl (C=O) groups is 1. The van der Waals surface area contributed by atoms with E-state index in [0.717, 1.165) is 10.6 Å². The molecule has 0 aliphatic carbocycles. The van der Waals surface area contributed by atoms with Crippen molar-refractivity contribution in [1.82, 2.24) is 15.3 Å². The number of amides is 1. The third kappa shape index (κ3) is 6.87. The molecule has 3 heterocycles. The summed E-state index contributed by atoms with van der Waals surface area (Å²) < 4.78 is 88.5. The summed E-state index contributed by atoms with van der Waals surface area (Å²) in [4.78, 5) is 18.2. The van der Waals surface area contributed by atoms with Gasteiger partial charge >= 0.3 is 12.4 Å². The minimum Gasteiger partial charge on any atom is -0.458 e. The lowest BCUT2D eigenvalue weighted by Crippen LogP contribution is -2.54. The molecule has 0 radical (unpaired) electrons. The first-order valence-electron chi connectivity index (χ1n) is 14.2. The molecule has 2 aromatic rings. The van der Waals surface area contributed by atoms with Crippen LogP contribution in [0.2, 0.25) is 0 Å². The number of fused-ring (bicyclic) bond motifs is 1. The van der Waals surface area contributed by atoms with Crippen LogP contribution in [-0.4, -0.2) is 65.5 Å². The lowest BCUT2D eigenvalue weighted by atomic mass is 9.88. The lowest BCUT2D eigenvalue weighted by Gasteiger charge is -2.43. The summed E-state index contributed by atoms with van der Waals surface area (Å²) in [7, 11) is 0. The van der Waals surface area contributed by atoms with Crippen molar-refractivity contribution >= 4 is 17.5 Å². The van der Waals surface area contributed by atoms with E-state index in [-0.39, 0.29) is 54.7 Å². The molecule has 1 saturated heterocycles. The fourth-order valence-electron chi connectivity index (χ4n) is 6.00. The number of aryl methyl sites for hydroxylation is 1. The van der Waals surface area contributed by atoms with E-state index in [0.29, 0.717) is 43.6 Å². The standard InChI is InChI=1S/C30H33F6N5O3/c1-17-4-2-3-5-22(17)25-14-26(40-8-6-19(7-9-40)27(37)42)44-28-23(15-38-16-39-28)24(41(25)43)12-18-10-20(29(31,32)33)13-21(11-18)30(34,35)36/h2-5,10-11,13-14,19,23-24,26,38,43H,6-9,12,15-16H2,1H3,(H2,37,42). The molecule has 0 bridgehead atoms. The number of nitrogens with zero attached hydrogens (tertiary/aromatic N) is 3. The molecule has 0 aromatic heterocycles. The van der Waals surface area contributed by atoms with Gasteiger partial charge in [0, 0.05) is 31.1 Å². The predicted molar refractivity (Wildman–Crippen MR) is 149 cm³/mol. The molecule has 8 nitrogen and oxygen atoms in total. The van der Waals surface area contributed by atoms with Gasteiger partial charge in [-0.25, -0.2) is 4.99 Å². The highest BCUT2D eigenvalue weighted by Gasteiger charge is 2.42. The molecule has 0 saturated carbocycles. The van der Waals surface area contributed by atoms with Crippen molar-refractivity contribution in [1.29, 1.82) is 0 Å². The normalized spacial score (nSPS) is 24.0. The number of benzene rings is 2. The molecule has 3 atom stereocenters. The number of alkyl halides is 6. The lowest BCUT2D eigenvalue weighted by molar-refractivity contribution is -0.143. The van der Waals surface area contributed by atoms with E-state index in [4.69, 9.17) is 10.5 Å². The molecular formula is C30H33F6N5O3. The van der Waals surface area contributed by atoms with Gasteiger partial charge < -0.3 is 10.5 Å². The Bertz CT molecular complexity index is 1400. The van der Waals surface area contributed by atoms with Crippen LogP contribution in [-0.2, 0) is 28.3 Å². The second kappa shape index (κ2) is 12.4. The molecule has 0 spiro atoms. The number of hydroxylamine groups is 2. The van der Waals surface area contributed by atoms with Gasteiger partial charge in [-0.05, 0) is 61.6 Å². The molecular weight excluding hydrogens is 592 g/mol. The van der Waals surface area contributed by atoms with Gasteiger partial charge in [0.1, 0.15) is 0 Å². The number of carbonyl (C=O) groups excluding carboxylic acids is 1. The average Bonchev–Trinajstić information content (AvgIpc) is 2.97. The Morgan fingerprint density at radius 1 is 1.07 bits per heavy atom. The highest BCUT2D eigenvalue weighted by atomic mass is 19.4. The molecule has 44 heavy (non-hydrogen) atoms. The van der Waals surface area contributed by atoms with E-state index in [1.807, 2.05) is 17.9 Å². The molecule has 3 aliphatic rings. The second-order valence-electron chi connectivity index (χ2n) is 11.3. The fraction of sp³-hybridized carbons (Fsp3) is 0.467. The average molecular weight is 626 g/mol. The molecule has 5 rings (SSSR count). The SMILES string of the molecule is Cc1ccccc1C1=CC(N2CCC(C(N)=O)CC2)OC2=NCNCC2C(Cc2cc(C(F)(F)F)cc(C(F)(F)F)c2)N1O. The van der Waals surface area contributed by atoms with Crippen LogP contribution in [0.15, 0.2) is 53.5 Å². The van der Waals surface area contributed by atoms with E-state index in [1.165, 1.54) is 0 Å². The first kappa shape index (κ1) is 31.8. The number of nitrogens with two attached hydrogens (primary N) is 1. The Balaban J connectivity index is 1.60. The van der Waals surface area contributed by atoms with Crippen molar-refractivity contribution < 1.29 is 41.1 Å². The molecule has 1 amide bonds. The summed E-state index contributed by atoms with van der Waals surface area (Å²) in [6.45, 7) is 3.12. The number of likely N-dealkylation sites (tertiary alicyclic amines) is 1. The van der Waals surface area contributed by atoms with Crippen LogP contribution >= 0.6 is 0 Å². The number of nitrogens with one attached hydrogen (secondary N) is 1. The van der Waals surface area contributed by atoms with Crippen LogP contribution in [0.5, 0.6) is 0 Å². The van der Waals surface area contributed by atoms with Crippen LogP contribution in [0.3, 0.4) is 0 Å². The van der Waals surface area contributed by atoms with Gasteiger partial charge in [0.05, 0.1) is 35.5 Å². The number of primary amides is 1. The van der Waals surface area contributed by atoms with Crippen LogP contribution in [0.1, 0.15) is 40.7 Å². The van der Waals surface area contributed by atoms with E-state index in [2.05, 4.69) is 10.3 Å². The van der Waals surface area contributed by atoms with Crippen LogP contribution in [0.25, 0.3) is 5.70 Å². The molecule has 4 N–H and O–H groups in total. The van der Waals surface area contributed by atoms with Crippen molar-refractivity contribution in [3.05, 3.63) is 76.4 Å². The zero-order valence-electron chi connectivity index (χ0n) is 23.8. The first-order valence-corrected chi connectivity index (χ1v) is 14.2. The fourth-order valence-corrected chi connectivity index (χ4v) is 6.00. The second-order valence-corrected chi connectivity index (χ2v) is 11.3. The number of aliphatic imine (C=N–C) groups is 1. The zero-order chi connectivity index (χ0) is 31.8.